The molecule has 1 aromatic heterocycles. The van der Waals surface area contributed by atoms with Crippen LogP contribution in [0.15, 0.2) is 54.7 Å². The van der Waals surface area contributed by atoms with Crippen LogP contribution in [-0.2, 0) is 13.0 Å². The molecule has 0 saturated heterocycles. The lowest BCUT2D eigenvalue weighted by Crippen LogP contribution is -2.36. The number of H-pyrrole nitrogens is 1. The van der Waals surface area contributed by atoms with Crippen LogP contribution in [0, 0.1) is 0 Å². The molecule has 0 unspecified atom stereocenters. The molecule has 0 spiro atoms. The predicted octanol–water partition coefficient (Wildman–Crippen LogP) is 3.37. The molecule has 2 heterocycles. The minimum Gasteiger partial charge on any atom is -0.361 e. The van der Waals surface area contributed by atoms with E-state index in [1.165, 1.54) is 11.1 Å². The van der Waals surface area contributed by atoms with E-state index >= 15 is 0 Å². The third-order valence-electron chi connectivity index (χ3n) is 4.24. The summed E-state index contributed by atoms with van der Waals surface area (Å²) in [6.07, 6.45) is 2.82. The van der Waals surface area contributed by atoms with Crippen molar-refractivity contribution in [3.63, 3.8) is 0 Å². The highest BCUT2D eigenvalue weighted by atomic mass is 16.2. The first-order valence-corrected chi connectivity index (χ1v) is 7.25. The summed E-state index contributed by atoms with van der Waals surface area (Å²) >= 11 is 0. The van der Waals surface area contributed by atoms with E-state index in [2.05, 4.69) is 23.2 Å². The van der Waals surface area contributed by atoms with E-state index in [1.54, 1.807) is 0 Å². The van der Waals surface area contributed by atoms with E-state index in [0.717, 1.165) is 29.4 Å². The average molecular weight is 276 g/mol. The smallest absolute Gasteiger partial charge is 0.254 e. The SMILES string of the molecule is O=C(c1cccc2[nH]ccc12)N1CCc2ccccc2C1. The summed E-state index contributed by atoms with van der Waals surface area (Å²) in [6, 6.07) is 16.2. The second kappa shape index (κ2) is 4.77. The Kier molecular flexibility index (Phi) is 2.78. The van der Waals surface area contributed by atoms with Crippen molar-refractivity contribution < 1.29 is 4.79 Å². The maximum absolute atomic E-state index is 12.8. The molecule has 1 N–H and O–H groups in total. The van der Waals surface area contributed by atoms with Crippen molar-refractivity contribution >= 4 is 16.8 Å². The summed E-state index contributed by atoms with van der Waals surface area (Å²) < 4.78 is 0. The van der Waals surface area contributed by atoms with Crippen LogP contribution in [0.25, 0.3) is 10.9 Å². The largest absolute Gasteiger partial charge is 0.361 e. The Balaban J connectivity index is 1.69. The standard InChI is InChI=1S/C18H16N2O/c21-18(16-6-3-7-17-15(16)8-10-19-17)20-11-9-13-4-1-2-5-14(13)12-20/h1-8,10,19H,9,11-12H2. The lowest BCUT2D eigenvalue weighted by Gasteiger charge is -2.29. The van der Waals surface area contributed by atoms with Gasteiger partial charge in [0, 0.05) is 35.8 Å². The van der Waals surface area contributed by atoms with Gasteiger partial charge in [-0.25, -0.2) is 0 Å². The van der Waals surface area contributed by atoms with E-state index in [1.807, 2.05) is 41.4 Å². The molecule has 0 aliphatic carbocycles. The molecular weight excluding hydrogens is 260 g/mol. The number of nitrogens with zero attached hydrogens (tertiary/aromatic N) is 1. The maximum atomic E-state index is 12.8. The molecule has 21 heavy (non-hydrogen) atoms. The zero-order valence-electron chi connectivity index (χ0n) is 11.7. The Morgan fingerprint density at radius 1 is 1.00 bits per heavy atom. The van der Waals surface area contributed by atoms with E-state index < -0.39 is 0 Å². The van der Waals surface area contributed by atoms with E-state index in [9.17, 15) is 4.79 Å². The fourth-order valence-electron chi connectivity index (χ4n) is 3.11. The molecule has 4 rings (SSSR count). The molecular formula is C18H16N2O. The molecule has 3 heteroatoms. The molecule has 0 saturated carbocycles. The van der Waals surface area contributed by atoms with Crippen molar-refractivity contribution in [1.29, 1.82) is 0 Å². The summed E-state index contributed by atoms with van der Waals surface area (Å²) in [5, 5.41) is 1.00. The zero-order chi connectivity index (χ0) is 14.2. The normalized spacial score (nSPS) is 14.2. The van der Waals surface area contributed by atoms with Crippen LogP contribution >= 0.6 is 0 Å². The maximum Gasteiger partial charge on any atom is 0.254 e. The number of hydrogen-bond acceptors (Lipinski definition) is 1. The third-order valence-corrected chi connectivity index (χ3v) is 4.24. The number of amides is 1. The van der Waals surface area contributed by atoms with Crippen molar-refractivity contribution in [3.05, 3.63) is 71.4 Å². The first-order valence-electron chi connectivity index (χ1n) is 7.25. The van der Waals surface area contributed by atoms with E-state index in [0.29, 0.717) is 6.54 Å². The van der Waals surface area contributed by atoms with Crippen molar-refractivity contribution in [3.8, 4) is 0 Å². The second-order valence-electron chi connectivity index (χ2n) is 5.49. The number of aromatic amines is 1. The average Bonchev–Trinajstić information content (AvgIpc) is 3.02. The molecule has 0 radical (unpaired) electrons. The Bertz CT molecular complexity index is 819. The first kappa shape index (κ1) is 12.2. The topological polar surface area (TPSA) is 36.1 Å². The Labute approximate surface area is 123 Å². The molecule has 1 amide bonds. The van der Waals surface area contributed by atoms with Crippen molar-refractivity contribution in [2.75, 3.05) is 6.54 Å². The monoisotopic (exact) mass is 276 g/mol. The number of carbonyl (C=O) groups is 1. The molecule has 0 atom stereocenters. The summed E-state index contributed by atoms with van der Waals surface area (Å²) in [5.74, 6) is 0.120. The highest BCUT2D eigenvalue weighted by Crippen LogP contribution is 2.23. The molecule has 0 fully saturated rings. The Morgan fingerprint density at radius 2 is 1.86 bits per heavy atom. The van der Waals surface area contributed by atoms with Gasteiger partial charge >= 0.3 is 0 Å². The van der Waals surface area contributed by atoms with Gasteiger partial charge in [-0.05, 0) is 35.7 Å². The van der Waals surface area contributed by atoms with Gasteiger partial charge in [0.25, 0.3) is 5.91 Å². The van der Waals surface area contributed by atoms with Gasteiger partial charge in [0.1, 0.15) is 0 Å². The van der Waals surface area contributed by atoms with E-state index in [4.69, 9.17) is 0 Å². The minimum absolute atomic E-state index is 0.120. The quantitative estimate of drug-likeness (QED) is 0.727. The van der Waals surface area contributed by atoms with Gasteiger partial charge < -0.3 is 9.88 Å². The van der Waals surface area contributed by atoms with Crippen LogP contribution in [0.2, 0.25) is 0 Å². The molecule has 0 bridgehead atoms. The fraction of sp³-hybridized carbons (Fsp3) is 0.167. The summed E-state index contributed by atoms with van der Waals surface area (Å²) in [7, 11) is 0. The molecule has 104 valence electrons. The van der Waals surface area contributed by atoms with Crippen molar-refractivity contribution in [1.82, 2.24) is 9.88 Å². The van der Waals surface area contributed by atoms with Crippen LogP contribution < -0.4 is 0 Å². The predicted molar refractivity (Wildman–Crippen MR) is 83.2 cm³/mol. The molecule has 2 aromatic carbocycles. The van der Waals surface area contributed by atoms with Crippen molar-refractivity contribution in [2.45, 2.75) is 13.0 Å². The van der Waals surface area contributed by atoms with Gasteiger partial charge in [-0.15, -0.1) is 0 Å². The van der Waals surface area contributed by atoms with Crippen molar-refractivity contribution in [2.24, 2.45) is 0 Å². The van der Waals surface area contributed by atoms with Crippen LogP contribution in [0.1, 0.15) is 21.5 Å². The number of aromatic nitrogens is 1. The molecule has 1 aliphatic rings. The number of benzene rings is 2. The zero-order valence-corrected chi connectivity index (χ0v) is 11.7. The lowest BCUT2D eigenvalue weighted by atomic mass is 9.99. The van der Waals surface area contributed by atoms with Crippen LogP contribution in [0.5, 0.6) is 0 Å². The van der Waals surface area contributed by atoms with Crippen LogP contribution in [0.3, 0.4) is 0 Å². The highest BCUT2D eigenvalue weighted by molar-refractivity contribution is 6.06. The van der Waals surface area contributed by atoms with Gasteiger partial charge in [0.05, 0.1) is 0 Å². The minimum atomic E-state index is 0.120. The lowest BCUT2D eigenvalue weighted by molar-refractivity contribution is 0.0737. The third kappa shape index (κ3) is 2.02. The second-order valence-corrected chi connectivity index (χ2v) is 5.49. The summed E-state index contributed by atoms with van der Waals surface area (Å²) in [5.41, 5.74) is 4.42. The first-order chi connectivity index (χ1) is 10.3. The van der Waals surface area contributed by atoms with Gasteiger partial charge in [-0.2, -0.15) is 0 Å². The van der Waals surface area contributed by atoms with Gasteiger partial charge in [0.2, 0.25) is 0 Å². The Morgan fingerprint density at radius 3 is 2.76 bits per heavy atom. The van der Waals surface area contributed by atoms with Gasteiger partial charge in [-0.1, -0.05) is 30.3 Å². The number of fused-ring (bicyclic) bond motifs is 2. The number of rotatable bonds is 1. The number of hydrogen-bond donors (Lipinski definition) is 1. The summed E-state index contributed by atoms with van der Waals surface area (Å²) in [4.78, 5) is 17.9. The van der Waals surface area contributed by atoms with Crippen LogP contribution in [-0.4, -0.2) is 22.3 Å². The molecule has 1 aliphatic heterocycles. The number of carbonyl (C=O) groups excluding carboxylic acids is 1. The molecule has 3 aromatic rings. The highest BCUT2D eigenvalue weighted by Gasteiger charge is 2.22. The van der Waals surface area contributed by atoms with Gasteiger partial charge in [0.15, 0.2) is 0 Å². The summed E-state index contributed by atoms with van der Waals surface area (Å²) in [6.45, 7) is 1.49. The van der Waals surface area contributed by atoms with E-state index in [-0.39, 0.29) is 5.91 Å². The molecule has 3 nitrogen and oxygen atoms in total. The Hall–Kier alpha value is -2.55. The number of nitrogens with one attached hydrogen (secondary N) is 1. The van der Waals surface area contributed by atoms with Crippen LogP contribution in [0.4, 0.5) is 0 Å². The fourth-order valence-corrected chi connectivity index (χ4v) is 3.11. The van der Waals surface area contributed by atoms with Gasteiger partial charge in [-0.3, -0.25) is 4.79 Å².